The monoisotopic (exact) mass is 633 g/mol. The summed E-state index contributed by atoms with van der Waals surface area (Å²) < 4.78 is 81.4. The number of amides is 1. The molecule has 1 amide bonds. The molecule has 1 aliphatic rings. The van der Waals surface area contributed by atoms with Gasteiger partial charge in [-0.25, -0.2) is 4.98 Å². The van der Waals surface area contributed by atoms with E-state index in [0.717, 1.165) is 17.7 Å². The number of aliphatic hydroxyl groups excluding tert-OH is 1. The fraction of sp³-hybridized carbons (Fsp3) is 0.379. The smallest absolute Gasteiger partial charge is 0.394 e. The van der Waals surface area contributed by atoms with Gasteiger partial charge in [-0.2, -0.15) is 26.3 Å². The molecule has 1 aliphatic heterocycles. The third-order valence-corrected chi connectivity index (χ3v) is 8.03. The van der Waals surface area contributed by atoms with E-state index in [1.165, 1.54) is 33.2 Å². The molecule has 4 rings (SSSR count). The van der Waals surface area contributed by atoms with E-state index in [0.29, 0.717) is 40.6 Å². The van der Waals surface area contributed by atoms with Crippen LogP contribution in [0.15, 0.2) is 48.7 Å². The summed E-state index contributed by atoms with van der Waals surface area (Å²) in [5, 5.41) is 10.4. The van der Waals surface area contributed by atoms with Crippen LogP contribution < -0.4 is 9.80 Å². The molecule has 0 spiro atoms. The van der Waals surface area contributed by atoms with Crippen LogP contribution in [0.1, 0.15) is 43.4 Å². The molecule has 226 valence electrons. The van der Waals surface area contributed by atoms with Crippen molar-refractivity contribution >= 4 is 40.6 Å². The zero-order valence-corrected chi connectivity index (χ0v) is 24.3. The molecule has 3 aromatic rings. The van der Waals surface area contributed by atoms with Gasteiger partial charge in [-0.1, -0.05) is 29.3 Å². The lowest BCUT2D eigenvalue weighted by Crippen LogP contribution is -2.42. The summed E-state index contributed by atoms with van der Waals surface area (Å²) in [5.41, 5.74) is -4.21. The van der Waals surface area contributed by atoms with Crippen molar-refractivity contribution in [2.75, 3.05) is 30.0 Å². The van der Waals surface area contributed by atoms with Gasteiger partial charge in [0.2, 0.25) is 5.91 Å². The first-order valence-corrected chi connectivity index (χ1v) is 13.6. The highest BCUT2D eigenvalue weighted by Gasteiger charge is 2.41. The van der Waals surface area contributed by atoms with E-state index >= 15 is 0 Å². The Labute approximate surface area is 248 Å². The van der Waals surface area contributed by atoms with Crippen LogP contribution in [-0.4, -0.2) is 42.2 Å². The second-order valence-electron chi connectivity index (χ2n) is 10.6. The average molecular weight is 634 g/mol. The van der Waals surface area contributed by atoms with Crippen molar-refractivity contribution in [1.82, 2.24) is 4.98 Å². The molecule has 1 aromatic heterocycles. The van der Waals surface area contributed by atoms with Crippen molar-refractivity contribution in [2.45, 2.75) is 50.5 Å². The summed E-state index contributed by atoms with van der Waals surface area (Å²) in [5.74, 6) is -0.283. The molecule has 1 N–H and O–H groups in total. The van der Waals surface area contributed by atoms with Gasteiger partial charge in [0.15, 0.2) is 0 Å². The lowest BCUT2D eigenvalue weighted by molar-refractivity contribution is -0.143. The standard InChI is InChI=1S/C29H27Cl2F6N3O2/c1-27(2,16-9-17(28(32,33)34)11-18(10-16)29(35,36)37)26(42)39(3)24-14-38-25(40-8-4-5-20(40)15-41)13-22(24)21-7-6-19(30)12-23(21)31/h6-7,9-14,20,41H,4-5,8,15H2,1-3H3/t20-/m0/s1. The maximum atomic E-state index is 13.9. The lowest BCUT2D eigenvalue weighted by Gasteiger charge is -2.32. The highest BCUT2D eigenvalue weighted by molar-refractivity contribution is 6.36. The van der Waals surface area contributed by atoms with E-state index in [1.54, 1.807) is 18.2 Å². The summed E-state index contributed by atoms with van der Waals surface area (Å²) in [6, 6.07) is 7.37. The van der Waals surface area contributed by atoms with Crippen LogP contribution in [0.3, 0.4) is 0 Å². The maximum absolute atomic E-state index is 13.9. The van der Waals surface area contributed by atoms with Gasteiger partial charge in [0, 0.05) is 34.8 Å². The molecule has 13 heteroatoms. The number of pyridine rings is 1. The Morgan fingerprint density at radius 3 is 2.12 bits per heavy atom. The predicted octanol–water partition coefficient (Wildman–Crippen LogP) is 7.99. The normalized spacial score (nSPS) is 16.2. The summed E-state index contributed by atoms with van der Waals surface area (Å²) >= 11 is 12.6. The molecule has 42 heavy (non-hydrogen) atoms. The molecule has 0 radical (unpaired) electrons. The fourth-order valence-electron chi connectivity index (χ4n) is 5.08. The molecule has 0 aliphatic carbocycles. The number of hydrogen-bond donors (Lipinski definition) is 1. The third-order valence-electron chi connectivity index (χ3n) is 7.48. The Hall–Kier alpha value is -3.02. The molecule has 0 saturated carbocycles. The topological polar surface area (TPSA) is 56.7 Å². The summed E-state index contributed by atoms with van der Waals surface area (Å²) in [6.07, 6.45) is -7.16. The molecule has 0 bridgehead atoms. The molecule has 2 heterocycles. The van der Waals surface area contributed by atoms with Gasteiger partial charge in [-0.05, 0) is 68.7 Å². The fourth-order valence-corrected chi connectivity index (χ4v) is 5.59. The number of carbonyl (C=O) groups is 1. The Morgan fingerprint density at radius 1 is 0.976 bits per heavy atom. The second-order valence-corrected chi connectivity index (χ2v) is 11.5. The Kier molecular flexibility index (Phi) is 8.79. The van der Waals surface area contributed by atoms with E-state index in [-0.39, 0.29) is 29.4 Å². The predicted molar refractivity (Wildman–Crippen MR) is 150 cm³/mol. The number of likely N-dealkylation sites (N-methyl/N-ethyl adjacent to an activating group) is 1. The largest absolute Gasteiger partial charge is 0.416 e. The van der Waals surface area contributed by atoms with Crippen molar-refractivity contribution in [2.24, 2.45) is 0 Å². The van der Waals surface area contributed by atoms with Gasteiger partial charge in [0.05, 0.1) is 41.1 Å². The molecule has 0 unspecified atom stereocenters. The zero-order valence-electron chi connectivity index (χ0n) is 22.7. The van der Waals surface area contributed by atoms with Crippen LogP contribution in [0.4, 0.5) is 37.8 Å². The first-order valence-electron chi connectivity index (χ1n) is 12.9. The van der Waals surface area contributed by atoms with Crippen molar-refractivity contribution in [3.63, 3.8) is 0 Å². The minimum absolute atomic E-state index is 0.0229. The quantitative estimate of drug-likeness (QED) is 0.280. The van der Waals surface area contributed by atoms with Crippen molar-refractivity contribution < 1.29 is 36.2 Å². The number of carbonyl (C=O) groups excluding carboxylic acids is 1. The SMILES string of the molecule is CN(C(=O)C(C)(C)c1cc(C(F)(F)F)cc(C(F)(F)F)c1)c1cnc(N2CCC[C@H]2CO)cc1-c1ccc(Cl)cc1Cl. The van der Waals surface area contributed by atoms with E-state index in [2.05, 4.69) is 4.98 Å². The first kappa shape index (κ1) is 31.9. The highest BCUT2D eigenvalue weighted by Crippen LogP contribution is 2.42. The number of rotatable bonds is 6. The van der Waals surface area contributed by atoms with Gasteiger partial charge in [-0.3, -0.25) is 4.79 Å². The molecule has 2 aromatic carbocycles. The number of aliphatic hydroxyl groups is 1. The molecule has 1 atom stereocenters. The zero-order chi connectivity index (χ0) is 31.2. The minimum atomic E-state index is -5.07. The molecule has 5 nitrogen and oxygen atoms in total. The number of alkyl halides is 6. The Morgan fingerprint density at radius 2 is 1.57 bits per heavy atom. The van der Waals surface area contributed by atoms with Crippen LogP contribution >= 0.6 is 23.2 Å². The van der Waals surface area contributed by atoms with Crippen molar-refractivity contribution in [3.05, 3.63) is 75.4 Å². The number of aromatic nitrogens is 1. The van der Waals surface area contributed by atoms with E-state index in [9.17, 15) is 36.2 Å². The maximum Gasteiger partial charge on any atom is 0.416 e. The van der Waals surface area contributed by atoms with Crippen molar-refractivity contribution in [3.8, 4) is 11.1 Å². The van der Waals surface area contributed by atoms with Crippen LogP contribution in [0.2, 0.25) is 10.0 Å². The van der Waals surface area contributed by atoms with Gasteiger partial charge in [0.25, 0.3) is 0 Å². The average Bonchev–Trinajstić information content (AvgIpc) is 3.40. The lowest BCUT2D eigenvalue weighted by atomic mass is 9.81. The van der Waals surface area contributed by atoms with Crippen LogP contribution in [0.5, 0.6) is 0 Å². The van der Waals surface area contributed by atoms with Gasteiger partial charge in [-0.15, -0.1) is 0 Å². The number of hydrogen-bond acceptors (Lipinski definition) is 4. The third kappa shape index (κ3) is 6.33. The number of nitrogens with zero attached hydrogens (tertiary/aromatic N) is 3. The van der Waals surface area contributed by atoms with Crippen LogP contribution in [0.25, 0.3) is 11.1 Å². The van der Waals surface area contributed by atoms with Gasteiger partial charge < -0.3 is 14.9 Å². The molecular formula is C29H27Cl2F6N3O2. The number of anilines is 2. The second kappa shape index (κ2) is 11.6. The minimum Gasteiger partial charge on any atom is -0.394 e. The number of halogens is 8. The van der Waals surface area contributed by atoms with Crippen LogP contribution in [-0.2, 0) is 22.6 Å². The number of benzene rings is 2. The van der Waals surface area contributed by atoms with E-state index < -0.39 is 40.4 Å². The molecule has 1 saturated heterocycles. The molecule has 1 fully saturated rings. The Bertz CT molecular complexity index is 1460. The van der Waals surface area contributed by atoms with E-state index in [4.69, 9.17) is 23.2 Å². The van der Waals surface area contributed by atoms with Gasteiger partial charge in [0.1, 0.15) is 5.82 Å². The van der Waals surface area contributed by atoms with Crippen LogP contribution in [0, 0.1) is 0 Å². The summed E-state index contributed by atoms with van der Waals surface area (Å²) in [7, 11) is 1.36. The van der Waals surface area contributed by atoms with Gasteiger partial charge >= 0.3 is 12.4 Å². The highest BCUT2D eigenvalue weighted by atomic mass is 35.5. The summed E-state index contributed by atoms with van der Waals surface area (Å²) in [4.78, 5) is 21.4. The summed E-state index contributed by atoms with van der Waals surface area (Å²) in [6.45, 7) is 3.05. The van der Waals surface area contributed by atoms with Crippen molar-refractivity contribution in [1.29, 1.82) is 0 Å². The first-order chi connectivity index (χ1) is 19.4. The Balaban J connectivity index is 1.83. The molecular weight excluding hydrogens is 607 g/mol. The van der Waals surface area contributed by atoms with E-state index in [1.807, 2.05) is 4.90 Å².